The number of aliphatic hydroxyl groups excluding tert-OH is 1. The molecule has 3 N–H and O–H groups in total. The summed E-state index contributed by atoms with van der Waals surface area (Å²) in [6.45, 7) is 14.0. The first-order chi connectivity index (χ1) is 8.95. The predicted molar refractivity (Wildman–Crippen MR) is 93.5 cm³/mol. The highest BCUT2D eigenvalue weighted by molar-refractivity contribution is 4.71. The molecule has 0 radical (unpaired) electrons. The zero-order valence-corrected chi connectivity index (χ0v) is 14.7. The molecule has 132 valence electrons. The van der Waals surface area contributed by atoms with E-state index in [0.29, 0.717) is 18.3 Å². The number of aliphatic hydroxyl groups is 3. The average molecular weight is 307 g/mol. The van der Waals surface area contributed by atoms with Crippen molar-refractivity contribution in [3.63, 3.8) is 0 Å². The molecule has 0 fully saturated rings. The van der Waals surface area contributed by atoms with Crippen LogP contribution in [0.3, 0.4) is 0 Å². The summed E-state index contributed by atoms with van der Waals surface area (Å²) in [6.07, 6.45) is 4.57. The van der Waals surface area contributed by atoms with Gasteiger partial charge in [-0.05, 0) is 57.8 Å². The molecular weight excluding hydrogens is 264 g/mol. The lowest BCUT2D eigenvalue weighted by atomic mass is 9.93. The number of hydrogen-bond acceptors (Lipinski definition) is 3. The van der Waals surface area contributed by atoms with E-state index in [1.165, 1.54) is 0 Å². The van der Waals surface area contributed by atoms with Gasteiger partial charge in [-0.2, -0.15) is 0 Å². The third kappa shape index (κ3) is 19.9. The number of hydrogen-bond donors (Lipinski definition) is 3. The summed E-state index contributed by atoms with van der Waals surface area (Å²) >= 11 is 0. The van der Waals surface area contributed by atoms with Crippen molar-refractivity contribution in [3.8, 4) is 0 Å². The highest BCUT2D eigenvalue weighted by Gasteiger charge is 2.18. The van der Waals surface area contributed by atoms with E-state index in [1.54, 1.807) is 6.92 Å². The Morgan fingerprint density at radius 1 is 0.810 bits per heavy atom. The third-order valence-electron chi connectivity index (χ3n) is 3.62. The van der Waals surface area contributed by atoms with Crippen LogP contribution in [0.5, 0.6) is 0 Å². The molecule has 0 amide bonds. The van der Waals surface area contributed by atoms with E-state index < -0.39 is 11.2 Å². The molecule has 0 aromatic carbocycles. The molecule has 0 unspecified atom stereocenters. The molecule has 0 aliphatic heterocycles. The zero-order valence-electron chi connectivity index (χ0n) is 14.7. The molecule has 0 aliphatic carbocycles. The van der Waals surface area contributed by atoms with E-state index in [-0.39, 0.29) is 14.0 Å². The van der Waals surface area contributed by atoms with Gasteiger partial charge in [0.1, 0.15) is 0 Å². The Labute approximate surface area is 133 Å². The van der Waals surface area contributed by atoms with Crippen LogP contribution in [0.25, 0.3) is 0 Å². The van der Waals surface area contributed by atoms with E-state index in [9.17, 15) is 10.2 Å². The minimum absolute atomic E-state index is 0. The van der Waals surface area contributed by atoms with Crippen molar-refractivity contribution in [1.82, 2.24) is 0 Å². The minimum atomic E-state index is -0.871. The first-order valence-electron chi connectivity index (χ1n) is 8.01. The summed E-state index contributed by atoms with van der Waals surface area (Å²) in [5, 5.41) is 27.6. The molecule has 0 aliphatic rings. The van der Waals surface area contributed by atoms with Gasteiger partial charge in [-0.15, -0.1) is 0 Å². The van der Waals surface area contributed by atoms with Gasteiger partial charge >= 0.3 is 0 Å². The standard InChI is InChI=1S/C9H20O.C8H18O2.CH4/c1-5-9(4,10)7-6-8(2)3;1-7(2)4-5-8(3,10)6-9;/h8,10H,5-7H2,1-4H3;7,9-10H,4-6H2,1-3H3;1H4/t9-;8-;/m00./s1. The van der Waals surface area contributed by atoms with Gasteiger partial charge in [0.25, 0.3) is 0 Å². The summed E-state index contributed by atoms with van der Waals surface area (Å²) < 4.78 is 0. The maximum atomic E-state index is 9.57. The van der Waals surface area contributed by atoms with Crippen LogP contribution in [0.15, 0.2) is 0 Å². The third-order valence-corrected chi connectivity index (χ3v) is 3.62. The SMILES string of the molecule is C.CC(C)CC[C@](C)(O)CO.CC[C@](C)(O)CCC(C)C. The summed E-state index contributed by atoms with van der Waals surface area (Å²) in [6, 6.07) is 0. The molecule has 0 saturated heterocycles. The van der Waals surface area contributed by atoms with Crippen LogP contribution in [0.1, 0.15) is 88.0 Å². The molecule has 0 rings (SSSR count). The molecule has 3 nitrogen and oxygen atoms in total. The van der Waals surface area contributed by atoms with Crippen molar-refractivity contribution >= 4 is 0 Å². The van der Waals surface area contributed by atoms with E-state index in [4.69, 9.17) is 5.11 Å². The Balaban J connectivity index is -0.000000295. The van der Waals surface area contributed by atoms with E-state index in [0.717, 1.165) is 25.7 Å². The lowest BCUT2D eigenvalue weighted by Crippen LogP contribution is -2.29. The topological polar surface area (TPSA) is 60.7 Å². The van der Waals surface area contributed by atoms with Gasteiger partial charge in [-0.25, -0.2) is 0 Å². The fraction of sp³-hybridized carbons (Fsp3) is 1.00. The number of rotatable bonds is 8. The summed E-state index contributed by atoms with van der Waals surface area (Å²) in [5.41, 5.74) is -1.30. The van der Waals surface area contributed by atoms with Gasteiger partial charge in [0, 0.05) is 0 Å². The summed E-state index contributed by atoms with van der Waals surface area (Å²) in [4.78, 5) is 0. The Hall–Kier alpha value is -0.120. The smallest absolute Gasteiger partial charge is 0.0849 e. The van der Waals surface area contributed by atoms with Crippen molar-refractivity contribution in [1.29, 1.82) is 0 Å². The van der Waals surface area contributed by atoms with Crippen LogP contribution in [0, 0.1) is 11.8 Å². The average Bonchev–Trinajstić information content (AvgIpc) is 2.35. The van der Waals surface area contributed by atoms with Crippen LogP contribution >= 0.6 is 0 Å². The van der Waals surface area contributed by atoms with Crippen LogP contribution in [0.2, 0.25) is 0 Å². The Bertz CT molecular complexity index is 197. The maximum Gasteiger partial charge on any atom is 0.0849 e. The van der Waals surface area contributed by atoms with Gasteiger partial charge in [-0.3, -0.25) is 0 Å². The van der Waals surface area contributed by atoms with E-state index in [2.05, 4.69) is 27.7 Å². The van der Waals surface area contributed by atoms with Crippen LogP contribution in [-0.4, -0.2) is 33.1 Å². The van der Waals surface area contributed by atoms with Gasteiger partial charge < -0.3 is 15.3 Å². The summed E-state index contributed by atoms with van der Waals surface area (Å²) in [5.74, 6) is 1.30. The van der Waals surface area contributed by atoms with Crippen LogP contribution in [0.4, 0.5) is 0 Å². The lowest BCUT2D eigenvalue weighted by Gasteiger charge is -2.21. The van der Waals surface area contributed by atoms with Gasteiger partial charge in [0.05, 0.1) is 17.8 Å². The molecule has 3 heteroatoms. The normalized spacial score (nSPS) is 16.6. The lowest BCUT2D eigenvalue weighted by molar-refractivity contribution is -0.00881. The molecular formula is C18H42O3. The zero-order chi connectivity index (χ0) is 16.4. The molecule has 0 spiro atoms. The Kier molecular flexibility index (Phi) is 15.3. The largest absolute Gasteiger partial charge is 0.393 e. The first-order valence-corrected chi connectivity index (χ1v) is 8.01. The van der Waals surface area contributed by atoms with E-state index in [1.807, 2.05) is 13.8 Å². The fourth-order valence-corrected chi connectivity index (χ4v) is 1.46. The van der Waals surface area contributed by atoms with Crippen molar-refractivity contribution in [2.45, 2.75) is 99.2 Å². The molecule has 0 bridgehead atoms. The predicted octanol–water partition coefficient (Wildman–Crippen LogP) is 4.39. The summed E-state index contributed by atoms with van der Waals surface area (Å²) in [7, 11) is 0. The van der Waals surface area contributed by atoms with Crippen molar-refractivity contribution in [3.05, 3.63) is 0 Å². The van der Waals surface area contributed by atoms with Gasteiger partial charge in [0.15, 0.2) is 0 Å². The highest BCUT2D eigenvalue weighted by Crippen LogP contribution is 2.18. The van der Waals surface area contributed by atoms with Crippen molar-refractivity contribution in [2.75, 3.05) is 6.61 Å². The quantitative estimate of drug-likeness (QED) is 0.623. The fourth-order valence-electron chi connectivity index (χ4n) is 1.46. The molecule has 21 heavy (non-hydrogen) atoms. The second-order valence-corrected chi connectivity index (χ2v) is 7.37. The molecule has 2 atom stereocenters. The highest BCUT2D eigenvalue weighted by atomic mass is 16.3. The molecule has 0 aromatic rings. The van der Waals surface area contributed by atoms with Gasteiger partial charge in [-0.1, -0.05) is 42.0 Å². The minimum Gasteiger partial charge on any atom is -0.393 e. The molecule has 0 aromatic heterocycles. The molecule has 0 saturated carbocycles. The van der Waals surface area contributed by atoms with Crippen molar-refractivity contribution < 1.29 is 15.3 Å². The van der Waals surface area contributed by atoms with Crippen LogP contribution in [-0.2, 0) is 0 Å². The van der Waals surface area contributed by atoms with E-state index >= 15 is 0 Å². The Morgan fingerprint density at radius 2 is 1.14 bits per heavy atom. The van der Waals surface area contributed by atoms with Crippen LogP contribution < -0.4 is 0 Å². The van der Waals surface area contributed by atoms with Crippen molar-refractivity contribution in [2.24, 2.45) is 11.8 Å². The second kappa shape index (κ2) is 12.4. The Morgan fingerprint density at radius 3 is 1.38 bits per heavy atom. The second-order valence-electron chi connectivity index (χ2n) is 7.37. The van der Waals surface area contributed by atoms with Gasteiger partial charge in [0.2, 0.25) is 0 Å². The monoisotopic (exact) mass is 306 g/mol. The first kappa shape index (κ1) is 25.8. The molecule has 0 heterocycles. The maximum absolute atomic E-state index is 9.57.